The van der Waals surface area contributed by atoms with Gasteiger partial charge in [-0.3, -0.25) is 0 Å². The van der Waals surface area contributed by atoms with Gasteiger partial charge in [0.05, 0.1) is 0 Å². The molecule has 1 fully saturated rings. The molecule has 1 saturated heterocycles. The van der Waals surface area contributed by atoms with Crippen molar-refractivity contribution in [3.8, 4) is 0 Å². The minimum atomic E-state index is -0.00786. The van der Waals surface area contributed by atoms with Crippen molar-refractivity contribution in [2.24, 2.45) is 0 Å². The molecule has 0 bridgehead atoms. The highest BCUT2D eigenvalue weighted by molar-refractivity contribution is 6.30. The van der Waals surface area contributed by atoms with E-state index in [2.05, 4.69) is 17.4 Å². The fourth-order valence-electron chi connectivity index (χ4n) is 2.60. The Labute approximate surface area is 130 Å². The Morgan fingerprint density at radius 1 is 1.30 bits per heavy atom. The van der Waals surface area contributed by atoms with Gasteiger partial charge in [-0.05, 0) is 30.5 Å². The molecule has 1 aliphatic rings. The lowest BCUT2D eigenvalue weighted by molar-refractivity contribution is 0.198. The van der Waals surface area contributed by atoms with Crippen LogP contribution in [0.2, 0.25) is 5.02 Å². The second-order valence-electron chi connectivity index (χ2n) is 5.11. The summed E-state index contributed by atoms with van der Waals surface area (Å²) in [5, 5.41) is 3.59. The number of amides is 2. The zero-order chi connectivity index (χ0) is 14.4. The van der Waals surface area contributed by atoms with E-state index in [1.165, 1.54) is 5.56 Å². The van der Waals surface area contributed by atoms with E-state index in [0.29, 0.717) is 18.3 Å². The normalized spacial score (nSPS) is 19.5. The second-order valence-corrected chi connectivity index (χ2v) is 5.93. The van der Waals surface area contributed by atoms with E-state index in [1.807, 2.05) is 17.0 Å². The van der Waals surface area contributed by atoms with Gasteiger partial charge < -0.3 is 10.2 Å². The predicted octanol–water partition coefficient (Wildman–Crippen LogP) is 3.86. The molecule has 20 heavy (non-hydrogen) atoms. The second kappa shape index (κ2) is 7.75. The molecule has 3 nitrogen and oxygen atoms in total. The number of alkyl halides is 1. The van der Waals surface area contributed by atoms with Crippen molar-refractivity contribution in [1.29, 1.82) is 0 Å². The summed E-state index contributed by atoms with van der Waals surface area (Å²) in [4.78, 5) is 14.0. The topological polar surface area (TPSA) is 32.3 Å². The highest BCUT2D eigenvalue weighted by atomic mass is 35.5. The molecule has 1 aliphatic heterocycles. The van der Waals surface area contributed by atoms with E-state index < -0.39 is 0 Å². The molecule has 0 saturated carbocycles. The fourth-order valence-corrected chi connectivity index (χ4v) is 2.82. The number of likely N-dealkylation sites (tertiary alicyclic amines) is 1. The van der Waals surface area contributed by atoms with Crippen LogP contribution >= 0.6 is 23.2 Å². The standard InChI is InChI=1S/C15H20Cl2N2O/c16-8-9-18-15(20)19-10-2-1-3-13(11-19)12-4-6-14(17)7-5-12/h4-7,13H,1-3,8-11H2,(H,18,20). The highest BCUT2D eigenvalue weighted by Gasteiger charge is 2.22. The number of hydrogen-bond donors (Lipinski definition) is 1. The molecule has 2 amide bonds. The van der Waals surface area contributed by atoms with Gasteiger partial charge in [0.1, 0.15) is 0 Å². The molecule has 1 N–H and O–H groups in total. The molecule has 0 spiro atoms. The van der Waals surface area contributed by atoms with Gasteiger partial charge in [0.2, 0.25) is 0 Å². The van der Waals surface area contributed by atoms with Gasteiger partial charge >= 0.3 is 6.03 Å². The summed E-state index contributed by atoms with van der Waals surface area (Å²) in [5.41, 5.74) is 1.26. The largest absolute Gasteiger partial charge is 0.337 e. The molecule has 110 valence electrons. The van der Waals surface area contributed by atoms with Crippen molar-refractivity contribution in [3.63, 3.8) is 0 Å². The summed E-state index contributed by atoms with van der Waals surface area (Å²) in [6, 6.07) is 7.95. The van der Waals surface area contributed by atoms with Crippen molar-refractivity contribution in [2.75, 3.05) is 25.5 Å². The summed E-state index contributed by atoms with van der Waals surface area (Å²) in [5.74, 6) is 0.830. The lowest BCUT2D eigenvalue weighted by Crippen LogP contribution is -2.42. The van der Waals surface area contributed by atoms with Gasteiger partial charge in [0, 0.05) is 36.5 Å². The first-order valence-electron chi connectivity index (χ1n) is 7.05. The Kier molecular flexibility index (Phi) is 5.99. The highest BCUT2D eigenvalue weighted by Crippen LogP contribution is 2.27. The Hall–Kier alpha value is -0.930. The lowest BCUT2D eigenvalue weighted by atomic mass is 9.94. The van der Waals surface area contributed by atoms with Crippen LogP contribution in [0.5, 0.6) is 0 Å². The number of rotatable bonds is 3. The number of nitrogens with one attached hydrogen (secondary N) is 1. The zero-order valence-corrected chi connectivity index (χ0v) is 13.0. The SMILES string of the molecule is O=C(NCCCl)N1CCCCC(c2ccc(Cl)cc2)C1. The molecule has 0 aromatic heterocycles. The Morgan fingerprint density at radius 2 is 2.05 bits per heavy atom. The van der Waals surface area contributed by atoms with Crippen LogP contribution in [-0.2, 0) is 0 Å². The van der Waals surface area contributed by atoms with E-state index >= 15 is 0 Å². The van der Waals surface area contributed by atoms with Crippen LogP contribution in [0.3, 0.4) is 0 Å². The number of benzene rings is 1. The molecule has 1 unspecified atom stereocenters. The number of nitrogens with zero attached hydrogens (tertiary/aromatic N) is 1. The van der Waals surface area contributed by atoms with Crippen molar-refractivity contribution in [3.05, 3.63) is 34.9 Å². The van der Waals surface area contributed by atoms with Crippen LogP contribution in [0, 0.1) is 0 Å². The molecule has 2 rings (SSSR count). The smallest absolute Gasteiger partial charge is 0.317 e. The van der Waals surface area contributed by atoms with Gasteiger partial charge in [-0.2, -0.15) is 0 Å². The fraction of sp³-hybridized carbons (Fsp3) is 0.533. The molecule has 5 heteroatoms. The van der Waals surface area contributed by atoms with Crippen molar-refractivity contribution in [1.82, 2.24) is 10.2 Å². The lowest BCUT2D eigenvalue weighted by Gasteiger charge is -2.25. The molecule has 1 atom stereocenters. The number of halogens is 2. The first-order valence-corrected chi connectivity index (χ1v) is 7.96. The van der Waals surface area contributed by atoms with Crippen LogP contribution in [0.1, 0.15) is 30.7 Å². The van der Waals surface area contributed by atoms with Gasteiger partial charge in [0.25, 0.3) is 0 Å². The van der Waals surface area contributed by atoms with Crippen LogP contribution in [0.15, 0.2) is 24.3 Å². The number of carbonyl (C=O) groups is 1. The number of carbonyl (C=O) groups excluding carboxylic acids is 1. The monoisotopic (exact) mass is 314 g/mol. The Morgan fingerprint density at radius 3 is 2.75 bits per heavy atom. The Bertz CT molecular complexity index is 436. The van der Waals surface area contributed by atoms with Crippen LogP contribution in [-0.4, -0.2) is 36.4 Å². The molecular formula is C15H20Cl2N2O. The molecule has 0 aliphatic carbocycles. The van der Waals surface area contributed by atoms with E-state index in [9.17, 15) is 4.79 Å². The van der Waals surface area contributed by atoms with E-state index in [1.54, 1.807) is 0 Å². The third-order valence-corrected chi connectivity index (χ3v) is 4.11. The first-order chi connectivity index (χ1) is 9.70. The third kappa shape index (κ3) is 4.29. The molecule has 1 aromatic rings. The molecular weight excluding hydrogens is 295 g/mol. The average Bonchev–Trinajstić information content (AvgIpc) is 2.71. The summed E-state index contributed by atoms with van der Waals surface area (Å²) < 4.78 is 0. The molecule has 1 heterocycles. The first kappa shape index (κ1) is 15.5. The molecule has 0 radical (unpaired) electrons. The average molecular weight is 315 g/mol. The van der Waals surface area contributed by atoms with Crippen molar-refractivity contribution >= 4 is 29.2 Å². The van der Waals surface area contributed by atoms with Crippen LogP contribution in [0.25, 0.3) is 0 Å². The summed E-state index contributed by atoms with van der Waals surface area (Å²) >= 11 is 11.5. The maximum atomic E-state index is 12.1. The van der Waals surface area contributed by atoms with Gasteiger partial charge in [-0.1, -0.05) is 30.2 Å². The molecule has 1 aromatic carbocycles. The zero-order valence-electron chi connectivity index (χ0n) is 11.4. The van der Waals surface area contributed by atoms with Gasteiger partial charge in [-0.25, -0.2) is 4.79 Å². The van der Waals surface area contributed by atoms with Gasteiger partial charge in [0.15, 0.2) is 0 Å². The van der Waals surface area contributed by atoms with Crippen LogP contribution in [0.4, 0.5) is 4.79 Å². The van der Waals surface area contributed by atoms with E-state index in [4.69, 9.17) is 23.2 Å². The maximum absolute atomic E-state index is 12.1. The summed E-state index contributed by atoms with van der Waals surface area (Å²) in [7, 11) is 0. The van der Waals surface area contributed by atoms with Crippen molar-refractivity contribution < 1.29 is 4.79 Å². The maximum Gasteiger partial charge on any atom is 0.317 e. The minimum absolute atomic E-state index is 0.00786. The number of hydrogen-bond acceptors (Lipinski definition) is 1. The van der Waals surface area contributed by atoms with Crippen molar-refractivity contribution in [2.45, 2.75) is 25.2 Å². The van der Waals surface area contributed by atoms with Gasteiger partial charge in [-0.15, -0.1) is 11.6 Å². The summed E-state index contributed by atoms with van der Waals surface area (Å²) in [6.07, 6.45) is 3.31. The summed E-state index contributed by atoms with van der Waals surface area (Å²) in [6.45, 7) is 2.09. The van der Waals surface area contributed by atoms with E-state index in [0.717, 1.165) is 37.4 Å². The predicted molar refractivity (Wildman–Crippen MR) is 83.7 cm³/mol. The number of urea groups is 1. The van der Waals surface area contributed by atoms with Crippen LogP contribution < -0.4 is 5.32 Å². The minimum Gasteiger partial charge on any atom is -0.337 e. The Balaban J connectivity index is 2.02. The quantitative estimate of drug-likeness (QED) is 0.844. The third-order valence-electron chi connectivity index (χ3n) is 3.67. The van der Waals surface area contributed by atoms with E-state index in [-0.39, 0.29) is 6.03 Å².